The fraction of sp³-hybridized carbons (Fsp3) is 0.121. The van der Waals surface area contributed by atoms with Gasteiger partial charge in [-0.2, -0.15) is 18.3 Å². The van der Waals surface area contributed by atoms with Gasteiger partial charge in [-0.3, -0.25) is 9.59 Å². The topological polar surface area (TPSA) is 102 Å². The van der Waals surface area contributed by atoms with E-state index in [1.165, 1.54) is 12.1 Å². The molecule has 2 amide bonds. The van der Waals surface area contributed by atoms with Gasteiger partial charge in [0.05, 0.1) is 22.6 Å². The second-order valence-electron chi connectivity index (χ2n) is 9.88. The molecule has 0 spiro atoms. The van der Waals surface area contributed by atoms with Crippen molar-refractivity contribution in [2.45, 2.75) is 19.0 Å². The van der Waals surface area contributed by atoms with Crippen molar-refractivity contribution >= 4 is 23.2 Å². The SMILES string of the molecule is CNC(=O)CCc1cc(-c2ccc(-c3ccc(C(F)(F)F)cc3)cc2)n(-c2ccc(NC(=O)c3ccc(N)cc3)cc2)n1. The van der Waals surface area contributed by atoms with Gasteiger partial charge in [-0.15, -0.1) is 0 Å². The van der Waals surface area contributed by atoms with Crippen molar-refractivity contribution in [3.63, 3.8) is 0 Å². The number of amides is 2. The van der Waals surface area contributed by atoms with E-state index in [2.05, 4.69) is 10.6 Å². The van der Waals surface area contributed by atoms with E-state index in [4.69, 9.17) is 10.8 Å². The van der Waals surface area contributed by atoms with E-state index in [1.54, 1.807) is 48.1 Å². The van der Waals surface area contributed by atoms with Crippen LogP contribution in [0.1, 0.15) is 28.0 Å². The van der Waals surface area contributed by atoms with Crippen molar-refractivity contribution < 1.29 is 22.8 Å². The first-order valence-corrected chi connectivity index (χ1v) is 13.5. The second kappa shape index (κ2) is 12.2. The minimum absolute atomic E-state index is 0.0989. The van der Waals surface area contributed by atoms with Crippen LogP contribution < -0.4 is 16.4 Å². The molecule has 1 heterocycles. The third-order valence-electron chi connectivity index (χ3n) is 6.92. The molecule has 0 unspecified atom stereocenters. The highest BCUT2D eigenvalue weighted by Gasteiger charge is 2.30. The van der Waals surface area contributed by atoms with Crippen LogP contribution in [0, 0.1) is 0 Å². The van der Waals surface area contributed by atoms with Crippen LogP contribution in [0.4, 0.5) is 24.5 Å². The third kappa shape index (κ3) is 6.92. The first kappa shape index (κ1) is 29.1. The summed E-state index contributed by atoms with van der Waals surface area (Å²) in [5.74, 6) is -0.365. The van der Waals surface area contributed by atoms with Gasteiger partial charge in [0.2, 0.25) is 5.91 Å². The molecule has 0 saturated heterocycles. The molecule has 0 aliphatic heterocycles. The number of halogens is 3. The van der Waals surface area contributed by atoms with Crippen molar-refractivity contribution in [3.05, 3.63) is 120 Å². The Bertz CT molecular complexity index is 1730. The van der Waals surface area contributed by atoms with E-state index in [-0.39, 0.29) is 18.2 Å². The largest absolute Gasteiger partial charge is 0.416 e. The van der Waals surface area contributed by atoms with E-state index in [1.807, 2.05) is 42.5 Å². The average Bonchev–Trinajstić information content (AvgIpc) is 3.44. The van der Waals surface area contributed by atoms with Crippen LogP contribution in [0.25, 0.3) is 28.1 Å². The van der Waals surface area contributed by atoms with Gasteiger partial charge in [0.25, 0.3) is 5.91 Å². The van der Waals surface area contributed by atoms with Gasteiger partial charge in [-0.1, -0.05) is 36.4 Å². The highest BCUT2D eigenvalue weighted by Crippen LogP contribution is 2.32. The highest BCUT2D eigenvalue weighted by molar-refractivity contribution is 6.04. The number of hydrogen-bond acceptors (Lipinski definition) is 4. The zero-order valence-corrected chi connectivity index (χ0v) is 23.2. The fourth-order valence-corrected chi connectivity index (χ4v) is 4.53. The molecule has 0 atom stereocenters. The first-order chi connectivity index (χ1) is 20.6. The molecule has 0 saturated carbocycles. The van der Waals surface area contributed by atoms with Gasteiger partial charge in [-0.05, 0) is 77.9 Å². The van der Waals surface area contributed by atoms with Gasteiger partial charge in [0, 0.05) is 42.4 Å². The van der Waals surface area contributed by atoms with Gasteiger partial charge in [-0.25, -0.2) is 4.68 Å². The van der Waals surface area contributed by atoms with Crippen molar-refractivity contribution in [2.75, 3.05) is 18.1 Å². The number of nitrogens with two attached hydrogens (primary N) is 1. The number of anilines is 2. The standard InChI is InChI=1S/C33H28F3N5O2/c1-38-31(42)19-16-28-20-30(23-4-2-21(3-5-23)22-6-10-25(11-7-22)33(34,35)36)41(40-28)29-17-14-27(15-18-29)39-32(43)24-8-12-26(37)13-9-24/h2-15,17-18,20H,16,19,37H2,1H3,(H,38,42)(H,39,43). The van der Waals surface area contributed by atoms with Crippen molar-refractivity contribution in [1.82, 2.24) is 15.1 Å². The number of benzene rings is 4. The summed E-state index contributed by atoms with van der Waals surface area (Å²) in [6.07, 6.45) is -3.69. The lowest BCUT2D eigenvalue weighted by atomic mass is 10.0. The van der Waals surface area contributed by atoms with Gasteiger partial charge in [0.15, 0.2) is 0 Å². The van der Waals surface area contributed by atoms with Crippen LogP contribution in [-0.4, -0.2) is 28.6 Å². The van der Waals surface area contributed by atoms with Gasteiger partial charge >= 0.3 is 6.18 Å². The summed E-state index contributed by atoms with van der Waals surface area (Å²) in [6, 6.07) is 28.2. The Kier molecular flexibility index (Phi) is 8.29. The van der Waals surface area contributed by atoms with E-state index >= 15 is 0 Å². The Morgan fingerprint density at radius 2 is 1.40 bits per heavy atom. The van der Waals surface area contributed by atoms with E-state index in [0.29, 0.717) is 34.6 Å². The zero-order valence-electron chi connectivity index (χ0n) is 23.2. The van der Waals surface area contributed by atoms with Crippen LogP contribution in [-0.2, 0) is 17.4 Å². The number of aryl methyl sites for hydroxylation is 1. The number of carbonyl (C=O) groups is 2. The van der Waals surface area contributed by atoms with Crippen molar-refractivity contribution in [3.8, 4) is 28.1 Å². The summed E-state index contributed by atoms with van der Waals surface area (Å²) >= 11 is 0. The molecule has 43 heavy (non-hydrogen) atoms. The molecular weight excluding hydrogens is 555 g/mol. The summed E-state index contributed by atoms with van der Waals surface area (Å²) in [4.78, 5) is 24.5. The lowest BCUT2D eigenvalue weighted by Gasteiger charge is -2.11. The normalized spacial score (nSPS) is 11.3. The molecule has 10 heteroatoms. The molecule has 0 fully saturated rings. The lowest BCUT2D eigenvalue weighted by molar-refractivity contribution is -0.137. The van der Waals surface area contributed by atoms with Gasteiger partial charge in [0.1, 0.15) is 0 Å². The minimum atomic E-state index is -4.39. The number of rotatable bonds is 8. The molecule has 0 radical (unpaired) electrons. The maximum absolute atomic E-state index is 13.0. The minimum Gasteiger partial charge on any atom is -0.399 e. The quantitative estimate of drug-likeness (QED) is 0.176. The maximum Gasteiger partial charge on any atom is 0.416 e. The molecule has 5 aromatic rings. The molecule has 0 aliphatic rings. The van der Waals surface area contributed by atoms with E-state index in [0.717, 1.165) is 34.6 Å². The van der Waals surface area contributed by atoms with Crippen LogP contribution in [0.15, 0.2) is 103 Å². The first-order valence-electron chi connectivity index (χ1n) is 13.5. The van der Waals surface area contributed by atoms with Crippen LogP contribution in [0.5, 0.6) is 0 Å². The van der Waals surface area contributed by atoms with E-state index < -0.39 is 11.7 Å². The molecule has 7 nitrogen and oxygen atoms in total. The Balaban J connectivity index is 1.41. The number of hydrogen-bond donors (Lipinski definition) is 3. The smallest absolute Gasteiger partial charge is 0.399 e. The van der Waals surface area contributed by atoms with Crippen molar-refractivity contribution in [1.29, 1.82) is 0 Å². The predicted octanol–water partition coefficient (Wildman–Crippen LogP) is 6.74. The van der Waals surface area contributed by atoms with Gasteiger partial charge < -0.3 is 16.4 Å². The van der Waals surface area contributed by atoms with Crippen LogP contribution in [0.3, 0.4) is 0 Å². The zero-order chi connectivity index (χ0) is 30.6. The highest BCUT2D eigenvalue weighted by atomic mass is 19.4. The molecule has 1 aromatic heterocycles. The molecule has 0 aliphatic carbocycles. The molecule has 4 aromatic carbocycles. The average molecular weight is 584 g/mol. The summed E-state index contributed by atoms with van der Waals surface area (Å²) in [6.45, 7) is 0. The maximum atomic E-state index is 13.0. The number of aromatic nitrogens is 2. The predicted molar refractivity (Wildman–Crippen MR) is 161 cm³/mol. The van der Waals surface area contributed by atoms with E-state index in [9.17, 15) is 22.8 Å². The molecule has 218 valence electrons. The number of carbonyl (C=O) groups excluding carboxylic acids is 2. The Morgan fingerprint density at radius 3 is 1.98 bits per heavy atom. The lowest BCUT2D eigenvalue weighted by Crippen LogP contribution is -2.18. The number of nitrogens with one attached hydrogen (secondary N) is 2. The summed E-state index contributed by atoms with van der Waals surface area (Å²) < 4.78 is 40.7. The monoisotopic (exact) mass is 583 g/mol. The summed E-state index contributed by atoms with van der Waals surface area (Å²) in [5, 5.41) is 10.2. The Labute approximate surface area is 246 Å². The fourth-order valence-electron chi connectivity index (χ4n) is 4.53. The molecular formula is C33H28F3N5O2. The summed E-state index contributed by atoms with van der Waals surface area (Å²) in [5.41, 5.74) is 11.1. The van der Waals surface area contributed by atoms with Crippen LogP contribution >= 0.6 is 0 Å². The Morgan fingerprint density at radius 1 is 0.814 bits per heavy atom. The number of nitrogens with zero attached hydrogens (tertiary/aromatic N) is 2. The molecule has 4 N–H and O–H groups in total. The molecule has 5 rings (SSSR count). The van der Waals surface area contributed by atoms with Crippen molar-refractivity contribution in [2.24, 2.45) is 0 Å². The summed E-state index contributed by atoms with van der Waals surface area (Å²) in [7, 11) is 1.58. The molecule has 0 bridgehead atoms. The third-order valence-corrected chi connectivity index (χ3v) is 6.92. The second-order valence-corrected chi connectivity index (χ2v) is 9.88. The number of nitrogen functional groups attached to an aromatic ring is 1. The number of alkyl halides is 3. The van der Waals surface area contributed by atoms with Crippen LogP contribution in [0.2, 0.25) is 0 Å². The Hall–Kier alpha value is -5.38.